The highest BCUT2D eigenvalue weighted by Gasteiger charge is 2.12. The van der Waals surface area contributed by atoms with Crippen LogP contribution >= 0.6 is 0 Å². The summed E-state index contributed by atoms with van der Waals surface area (Å²) in [4.78, 5) is 10.8. The lowest BCUT2D eigenvalue weighted by Gasteiger charge is -2.12. The zero-order valence-electron chi connectivity index (χ0n) is 9.31. The first kappa shape index (κ1) is 11.3. The fourth-order valence-electron chi connectivity index (χ4n) is 1.46. The molecule has 1 rings (SSSR count). The standard InChI is InChI=1S/C12H18OSi/c1-14(2,3)9-8-11-6-4-5-7-12(11)10-13/h10H,4-7H2,1-3H3. The highest BCUT2D eigenvalue weighted by Crippen LogP contribution is 2.22. The van der Waals surface area contributed by atoms with E-state index < -0.39 is 8.07 Å². The van der Waals surface area contributed by atoms with Gasteiger partial charge in [-0.1, -0.05) is 25.6 Å². The molecule has 0 bridgehead atoms. The molecule has 0 saturated carbocycles. The summed E-state index contributed by atoms with van der Waals surface area (Å²) in [5.74, 6) is 3.22. The second kappa shape index (κ2) is 4.61. The lowest BCUT2D eigenvalue weighted by molar-refractivity contribution is -0.105. The molecule has 0 aromatic rings. The van der Waals surface area contributed by atoms with Crippen molar-refractivity contribution in [2.24, 2.45) is 0 Å². The van der Waals surface area contributed by atoms with Crippen LogP contribution in [0, 0.1) is 11.5 Å². The van der Waals surface area contributed by atoms with Gasteiger partial charge in [-0.05, 0) is 25.7 Å². The first-order valence-corrected chi connectivity index (χ1v) is 8.73. The van der Waals surface area contributed by atoms with Crippen LogP contribution in [0.4, 0.5) is 0 Å². The summed E-state index contributed by atoms with van der Waals surface area (Å²) >= 11 is 0. The van der Waals surface area contributed by atoms with E-state index in [1.54, 1.807) is 0 Å². The molecule has 1 aliphatic rings. The van der Waals surface area contributed by atoms with Crippen molar-refractivity contribution in [1.82, 2.24) is 0 Å². The van der Waals surface area contributed by atoms with E-state index in [0.717, 1.165) is 36.7 Å². The van der Waals surface area contributed by atoms with Gasteiger partial charge >= 0.3 is 0 Å². The number of aldehydes is 1. The normalized spacial score (nSPS) is 17.4. The third-order valence-electron chi connectivity index (χ3n) is 2.24. The Bertz CT molecular complexity index is 309. The molecule has 14 heavy (non-hydrogen) atoms. The topological polar surface area (TPSA) is 17.1 Å². The van der Waals surface area contributed by atoms with Crippen molar-refractivity contribution >= 4 is 14.4 Å². The first-order valence-electron chi connectivity index (χ1n) is 5.23. The first-order chi connectivity index (χ1) is 6.53. The summed E-state index contributed by atoms with van der Waals surface area (Å²) in [5, 5.41) is 0. The second-order valence-corrected chi connectivity index (χ2v) is 9.58. The number of carbonyl (C=O) groups is 1. The van der Waals surface area contributed by atoms with E-state index in [0.29, 0.717) is 0 Å². The molecule has 0 heterocycles. The Labute approximate surface area is 87.6 Å². The van der Waals surface area contributed by atoms with Crippen LogP contribution in [0.1, 0.15) is 25.7 Å². The molecular formula is C12H18OSi. The fourth-order valence-corrected chi connectivity index (χ4v) is 1.99. The Morgan fingerprint density at radius 2 is 1.86 bits per heavy atom. The van der Waals surface area contributed by atoms with Crippen molar-refractivity contribution in [3.05, 3.63) is 11.1 Å². The van der Waals surface area contributed by atoms with E-state index >= 15 is 0 Å². The van der Waals surface area contributed by atoms with Crippen LogP contribution in [0.3, 0.4) is 0 Å². The molecule has 0 aromatic carbocycles. The molecule has 0 spiro atoms. The third kappa shape index (κ3) is 3.51. The average Bonchev–Trinajstić information content (AvgIpc) is 2.14. The van der Waals surface area contributed by atoms with Crippen LogP contribution in [0.15, 0.2) is 11.1 Å². The van der Waals surface area contributed by atoms with Gasteiger partial charge in [-0.3, -0.25) is 4.79 Å². The molecule has 0 N–H and O–H groups in total. The molecule has 0 unspecified atom stereocenters. The van der Waals surface area contributed by atoms with Crippen LogP contribution in [0.2, 0.25) is 19.6 Å². The van der Waals surface area contributed by atoms with E-state index in [2.05, 4.69) is 31.1 Å². The van der Waals surface area contributed by atoms with Gasteiger partial charge in [0.15, 0.2) is 0 Å². The Morgan fingerprint density at radius 1 is 1.21 bits per heavy atom. The maximum Gasteiger partial charge on any atom is 0.146 e. The largest absolute Gasteiger partial charge is 0.298 e. The Hall–Kier alpha value is -0.813. The van der Waals surface area contributed by atoms with Gasteiger partial charge in [-0.25, -0.2) is 0 Å². The van der Waals surface area contributed by atoms with Crippen LogP contribution < -0.4 is 0 Å². The number of allylic oxidation sites excluding steroid dienone is 2. The molecule has 0 fully saturated rings. The summed E-state index contributed by atoms with van der Waals surface area (Å²) in [6.07, 6.45) is 5.26. The predicted molar refractivity (Wildman–Crippen MR) is 62.7 cm³/mol. The van der Waals surface area contributed by atoms with Gasteiger partial charge in [0.1, 0.15) is 14.4 Å². The van der Waals surface area contributed by atoms with Gasteiger partial charge in [0.25, 0.3) is 0 Å². The van der Waals surface area contributed by atoms with Gasteiger partial charge in [0.05, 0.1) is 0 Å². The quantitative estimate of drug-likeness (QED) is 0.366. The van der Waals surface area contributed by atoms with E-state index in [1.807, 2.05) is 0 Å². The van der Waals surface area contributed by atoms with Crippen LogP contribution in [-0.4, -0.2) is 14.4 Å². The molecule has 1 aliphatic carbocycles. The van der Waals surface area contributed by atoms with E-state index in [9.17, 15) is 4.79 Å². The molecular weight excluding hydrogens is 188 g/mol. The van der Waals surface area contributed by atoms with Gasteiger partial charge in [-0.15, -0.1) is 5.54 Å². The van der Waals surface area contributed by atoms with Crippen molar-refractivity contribution in [1.29, 1.82) is 0 Å². The smallest absolute Gasteiger partial charge is 0.146 e. The molecule has 2 heteroatoms. The van der Waals surface area contributed by atoms with Crippen LogP contribution in [0.25, 0.3) is 0 Å². The van der Waals surface area contributed by atoms with Gasteiger partial charge in [-0.2, -0.15) is 0 Å². The minimum Gasteiger partial charge on any atom is -0.298 e. The van der Waals surface area contributed by atoms with Crippen molar-refractivity contribution in [2.45, 2.75) is 45.3 Å². The monoisotopic (exact) mass is 206 g/mol. The molecule has 0 radical (unpaired) electrons. The molecule has 0 amide bonds. The zero-order chi connectivity index (χ0) is 10.6. The summed E-state index contributed by atoms with van der Waals surface area (Å²) < 4.78 is 0. The van der Waals surface area contributed by atoms with E-state index in [-0.39, 0.29) is 0 Å². The van der Waals surface area contributed by atoms with Crippen molar-refractivity contribution in [3.63, 3.8) is 0 Å². The highest BCUT2D eigenvalue weighted by molar-refractivity contribution is 6.83. The summed E-state index contributed by atoms with van der Waals surface area (Å²) in [6.45, 7) is 6.68. The predicted octanol–water partition coefficient (Wildman–Crippen LogP) is 2.94. The average molecular weight is 206 g/mol. The Morgan fingerprint density at radius 3 is 2.43 bits per heavy atom. The molecule has 0 atom stereocenters. The van der Waals surface area contributed by atoms with E-state index in [4.69, 9.17) is 0 Å². The third-order valence-corrected chi connectivity index (χ3v) is 3.12. The Balaban J connectivity index is 2.87. The second-order valence-electron chi connectivity index (χ2n) is 4.83. The van der Waals surface area contributed by atoms with Gasteiger partial charge in [0, 0.05) is 11.1 Å². The molecule has 1 nitrogen and oxygen atoms in total. The number of hydrogen-bond donors (Lipinski definition) is 0. The number of rotatable bonds is 1. The van der Waals surface area contributed by atoms with Crippen molar-refractivity contribution in [3.8, 4) is 11.5 Å². The van der Waals surface area contributed by atoms with Crippen molar-refractivity contribution in [2.75, 3.05) is 0 Å². The summed E-state index contributed by atoms with van der Waals surface area (Å²) in [7, 11) is -1.29. The summed E-state index contributed by atoms with van der Waals surface area (Å²) in [5.41, 5.74) is 5.38. The molecule has 0 aliphatic heterocycles. The maximum atomic E-state index is 10.8. The number of hydrogen-bond acceptors (Lipinski definition) is 1. The molecule has 0 aromatic heterocycles. The fraction of sp³-hybridized carbons (Fsp3) is 0.583. The minimum atomic E-state index is -1.29. The van der Waals surface area contributed by atoms with Gasteiger partial charge < -0.3 is 0 Å². The summed E-state index contributed by atoms with van der Waals surface area (Å²) in [6, 6.07) is 0. The van der Waals surface area contributed by atoms with Crippen LogP contribution in [0.5, 0.6) is 0 Å². The van der Waals surface area contributed by atoms with Crippen molar-refractivity contribution < 1.29 is 4.79 Å². The maximum absolute atomic E-state index is 10.8. The SMILES string of the molecule is C[Si](C)(C)C#CC1=C(C=O)CCCC1. The van der Waals surface area contributed by atoms with E-state index in [1.165, 1.54) is 6.42 Å². The molecule has 76 valence electrons. The van der Waals surface area contributed by atoms with Gasteiger partial charge in [0.2, 0.25) is 0 Å². The highest BCUT2D eigenvalue weighted by atomic mass is 28.3. The lowest BCUT2D eigenvalue weighted by Crippen LogP contribution is -2.16. The Kier molecular flexibility index (Phi) is 3.71. The lowest BCUT2D eigenvalue weighted by atomic mass is 9.93. The number of carbonyl (C=O) groups excluding carboxylic acids is 1. The van der Waals surface area contributed by atoms with Crippen LogP contribution in [-0.2, 0) is 4.79 Å². The minimum absolute atomic E-state index is 0.930. The molecule has 0 saturated heterocycles. The zero-order valence-corrected chi connectivity index (χ0v) is 10.3.